The van der Waals surface area contributed by atoms with Gasteiger partial charge in [-0.05, 0) is 33.3 Å². The molecule has 1 unspecified atom stereocenters. The molecule has 0 radical (unpaired) electrons. The lowest BCUT2D eigenvalue weighted by molar-refractivity contribution is -0.136. The largest absolute Gasteiger partial charge is 0.465 e. The van der Waals surface area contributed by atoms with Crippen LogP contribution < -0.4 is 0 Å². The smallest absolute Gasteiger partial charge is 0.408 e. The van der Waals surface area contributed by atoms with E-state index >= 15 is 0 Å². The van der Waals surface area contributed by atoms with E-state index in [2.05, 4.69) is 0 Å². The molecule has 1 atom stereocenters. The van der Waals surface area contributed by atoms with E-state index in [-0.39, 0.29) is 5.91 Å². The molecule has 0 aliphatic heterocycles. The van der Waals surface area contributed by atoms with Crippen molar-refractivity contribution in [1.82, 2.24) is 9.80 Å². The highest BCUT2D eigenvalue weighted by Crippen LogP contribution is 2.19. The summed E-state index contributed by atoms with van der Waals surface area (Å²) in [5.74, 6) is -0.212. The molecule has 1 aromatic rings. The fourth-order valence-electron chi connectivity index (χ4n) is 2.40. The second-order valence-electron chi connectivity index (χ2n) is 6.18. The van der Waals surface area contributed by atoms with Crippen LogP contribution in [0.1, 0.15) is 33.3 Å². The normalized spacial score (nSPS) is 12.6. The summed E-state index contributed by atoms with van der Waals surface area (Å²) in [6.07, 6.45) is -1.09. The van der Waals surface area contributed by atoms with Gasteiger partial charge in [-0.2, -0.15) is 0 Å². The summed E-state index contributed by atoms with van der Waals surface area (Å²) in [5, 5.41) is 9.35. The molecule has 5 nitrogen and oxygen atoms in total. The van der Waals surface area contributed by atoms with E-state index in [9.17, 15) is 14.7 Å². The quantitative estimate of drug-likeness (QED) is 0.928. The summed E-state index contributed by atoms with van der Waals surface area (Å²) in [6.45, 7) is 7.43. The van der Waals surface area contributed by atoms with Crippen LogP contribution in [0.25, 0.3) is 0 Å². The van der Waals surface area contributed by atoms with Gasteiger partial charge in [0.25, 0.3) is 0 Å². The van der Waals surface area contributed by atoms with Crippen molar-refractivity contribution in [2.45, 2.75) is 45.8 Å². The van der Waals surface area contributed by atoms with Crippen LogP contribution in [0.5, 0.6) is 0 Å². The molecule has 0 aliphatic carbocycles. The molecule has 0 heterocycles. The standard InChI is InChI=1S/C16H24N2O3/c1-12(18(15(20)21)16(2,3)4)14(19)17(5)11-13-9-7-6-8-10-13/h6-10,12H,11H2,1-5H3,(H,20,21). The second-order valence-corrected chi connectivity index (χ2v) is 6.18. The van der Waals surface area contributed by atoms with Crippen molar-refractivity contribution in [3.05, 3.63) is 35.9 Å². The van der Waals surface area contributed by atoms with Crippen molar-refractivity contribution >= 4 is 12.0 Å². The van der Waals surface area contributed by atoms with E-state index in [0.717, 1.165) is 5.56 Å². The van der Waals surface area contributed by atoms with Crippen molar-refractivity contribution in [3.8, 4) is 0 Å². The highest BCUT2D eigenvalue weighted by atomic mass is 16.4. The fraction of sp³-hybridized carbons (Fsp3) is 0.500. The zero-order chi connectivity index (χ0) is 16.2. The maximum atomic E-state index is 12.5. The predicted molar refractivity (Wildman–Crippen MR) is 82.0 cm³/mol. The topological polar surface area (TPSA) is 60.9 Å². The maximum absolute atomic E-state index is 12.5. The van der Waals surface area contributed by atoms with Crippen LogP contribution >= 0.6 is 0 Å². The van der Waals surface area contributed by atoms with E-state index in [0.29, 0.717) is 6.54 Å². The van der Waals surface area contributed by atoms with Crippen LogP contribution in [0.3, 0.4) is 0 Å². The Morgan fingerprint density at radius 3 is 2.14 bits per heavy atom. The number of carbonyl (C=O) groups excluding carboxylic acids is 1. The molecule has 0 aromatic heterocycles. The molecule has 21 heavy (non-hydrogen) atoms. The minimum atomic E-state index is -1.09. The van der Waals surface area contributed by atoms with Gasteiger partial charge in [0.05, 0.1) is 0 Å². The molecule has 0 saturated carbocycles. The Hall–Kier alpha value is -2.04. The average Bonchev–Trinajstić information content (AvgIpc) is 2.36. The lowest BCUT2D eigenvalue weighted by Gasteiger charge is -2.38. The summed E-state index contributed by atoms with van der Waals surface area (Å²) >= 11 is 0. The number of amides is 2. The fourth-order valence-corrected chi connectivity index (χ4v) is 2.40. The number of likely N-dealkylation sites (N-methyl/N-ethyl adjacent to an activating group) is 1. The van der Waals surface area contributed by atoms with E-state index in [4.69, 9.17) is 0 Å². The first-order valence-corrected chi connectivity index (χ1v) is 6.95. The predicted octanol–water partition coefficient (Wildman–Crippen LogP) is 2.81. The Labute approximate surface area is 126 Å². The van der Waals surface area contributed by atoms with Crippen molar-refractivity contribution < 1.29 is 14.7 Å². The zero-order valence-electron chi connectivity index (χ0n) is 13.3. The SMILES string of the molecule is CC(C(=O)N(C)Cc1ccccc1)N(C(=O)O)C(C)(C)C. The monoisotopic (exact) mass is 292 g/mol. The van der Waals surface area contributed by atoms with Gasteiger partial charge in [-0.25, -0.2) is 4.79 Å². The van der Waals surface area contributed by atoms with Gasteiger partial charge < -0.3 is 10.0 Å². The van der Waals surface area contributed by atoms with Gasteiger partial charge in [0.15, 0.2) is 0 Å². The molecule has 0 spiro atoms. The van der Waals surface area contributed by atoms with Crippen molar-refractivity contribution in [2.24, 2.45) is 0 Å². The summed E-state index contributed by atoms with van der Waals surface area (Å²) in [4.78, 5) is 26.6. The first kappa shape index (κ1) is 17.0. The van der Waals surface area contributed by atoms with Gasteiger partial charge in [0.2, 0.25) is 5.91 Å². The third-order valence-corrected chi connectivity index (χ3v) is 3.31. The number of benzene rings is 1. The van der Waals surface area contributed by atoms with Crippen LogP contribution in [0.15, 0.2) is 30.3 Å². The van der Waals surface area contributed by atoms with E-state index in [1.807, 2.05) is 30.3 Å². The van der Waals surface area contributed by atoms with Crippen LogP contribution in [0.4, 0.5) is 4.79 Å². The number of carboxylic acid groups (broad SMARTS) is 1. The zero-order valence-corrected chi connectivity index (χ0v) is 13.3. The van der Waals surface area contributed by atoms with Gasteiger partial charge >= 0.3 is 6.09 Å². The molecular formula is C16H24N2O3. The van der Waals surface area contributed by atoms with Crippen molar-refractivity contribution in [3.63, 3.8) is 0 Å². The molecule has 0 saturated heterocycles. The number of nitrogens with zero attached hydrogens (tertiary/aromatic N) is 2. The number of hydrogen-bond acceptors (Lipinski definition) is 2. The molecule has 5 heteroatoms. The van der Waals surface area contributed by atoms with Crippen molar-refractivity contribution in [2.75, 3.05) is 7.05 Å². The van der Waals surface area contributed by atoms with Crippen LogP contribution in [0, 0.1) is 0 Å². The molecule has 0 fully saturated rings. The molecule has 0 bridgehead atoms. The first-order valence-electron chi connectivity index (χ1n) is 6.95. The molecular weight excluding hydrogens is 268 g/mol. The number of hydrogen-bond donors (Lipinski definition) is 1. The molecule has 2 amide bonds. The third kappa shape index (κ3) is 4.48. The Kier molecular flexibility index (Phi) is 5.35. The van der Waals surface area contributed by atoms with Gasteiger partial charge in [-0.3, -0.25) is 9.69 Å². The van der Waals surface area contributed by atoms with E-state index < -0.39 is 17.7 Å². The Balaban J connectivity index is 2.83. The lowest BCUT2D eigenvalue weighted by atomic mass is 10.0. The van der Waals surface area contributed by atoms with Gasteiger partial charge in [-0.1, -0.05) is 30.3 Å². The molecule has 116 valence electrons. The maximum Gasteiger partial charge on any atom is 0.408 e. The first-order chi connectivity index (χ1) is 9.64. The Morgan fingerprint density at radius 2 is 1.71 bits per heavy atom. The number of rotatable bonds is 4. The van der Waals surface area contributed by atoms with E-state index in [1.54, 1.807) is 39.6 Å². The minimum Gasteiger partial charge on any atom is -0.465 e. The Bertz CT molecular complexity index is 494. The van der Waals surface area contributed by atoms with E-state index in [1.165, 1.54) is 4.90 Å². The summed E-state index contributed by atoms with van der Waals surface area (Å²) in [6, 6.07) is 8.89. The highest BCUT2D eigenvalue weighted by molar-refractivity contribution is 5.85. The minimum absolute atomic E-state index is 0.212. The summed E-state index contributed by atoms with van der Waals surface area (Å²) < 4.78 is 0. The second kappa shape index (κ2) is 6.61. The molecule has 1 N–H and O–H groups in total. The highest BCUT2D eigenvalue weighted by Gasteiger charge is 2.35. The average molecular weight is 292 g/mol. The van der Waals surface area contributed by atoms with Crippen LogP contribution in [-0.4, -0.2) is 45.5 Å². The molecule has 0 aliphatic rings. The van der Waals surface area contributed by atoms with Gasteiger partial charge in [-0.15, -0.1) is 0 Å². The summed E-state index contributed by atoms with van der Waals surface area (Å²) in [7, 11) is 1.69. The Morgan fingerprint density at radius 1 is 1.19 bits per heavy atom. The number of carbonyl (C=O) groups is 2. The van der Waals surface area contributed by atoms with Crippen molar-refractivity contribution in [1.29, 1.82) is 0 Å². The summed E-state index contributed by atoms with van der Waals surface area (Å²) in [5.41, 5.74) is 0.382. The molecule has 1 aromatic carbocycles. The molecule has 1 rings (SSSR count). The third-order valence-electron chi connectivity index (χ3n) is 3.31. The van der Waals surface area contributed by atoms with Gasteiger partial charge in [0.1, 0.15) is 6.04 Å². The lowest BCUT2D eigenvalue weighted by Crippen LogP contribution is -2.55. The van der Waals surface area contributed by atoms with Crippen LogP contribution in [-0.2, 0) is 11.3 Å². The van der Waals surface area contributed by atoms with Gasteiger partial charge in [0, 0.05) is 19.1 Å². The van der Waals surface area contributed by atoms with Crippen LogP contribution in [0.2, 0.25) is 0 Å².